The van der Waals surface area contributed by atoms with Gasteiger partial charge in [-0.15, -0.1) is 0 Å². The fraction of sp³-hybridized carbons (Fsp3) is 0.444. The number of nitrogens with zero attached hydrogens (tertiary/aromatic N) is 1. The average molecular weight is 350 g/mol. The molecule has 0 fully saturated rings. The molecule has 3 rings (SSSR count). The summed E-state index contributed by atoms with van der Waals surface area (Å²) < 4.78 is 5.40. The van der Waals surface area contributed by atoms with Crippen molar-refractivity contribution in [2.75, 3.05) is 6.61 Å². The van der Waals surface area contributed by atoms with Crippen molar-refractivity contribution in [1.82, 2.24) is 0 Å². The number of allylic oxidation sites excluding steroid dienone is 2. The molecule has 0 N–H and O–H groups in total. The highest BCUT2D eigenvalue weighted by atomic mass is 35.5. The monoisotopic (exact) mass is 349 g/mol. The largest absolute Gasteiger partial charge is 0.477 e. The molecule has 2 aliphatic rings. The van der Waals surface area contributed by atoms with Gasteiger partial charge < -0.3 is 4.74 Å². The standard InChI is InChI=1S/C18H17Cl2NO2/c1-2-4-18-5-3-12(22)9-13(18)15-11(10-18)8-14(23-7-6-21)16(19)17(15)20/h8-9H,2-5,7,10H2,1H3/t18-/m1/s1. The molecular weight excluding hydrogens is 333 g/mol. The molecule has 0 unspecified atom stereocenters. The minimum absolute atomic E-state index is 0.0220. The van der Waals surface area contributed by atoms with Gasteiger partial charge in [0.2, 0.25) is 0 Å². The van der Waals surface area contributed by atoms with Crippen molar-refractivity contribution in [3.05, 3.63) is 33.3 Å². The number of hydrogen-bond donors (Lipinski definition) is 0. The molecule has 3 nitrogen and oxygen atoms in total. The second kappa shape index (κ2) is 6.19. The van der Waals surface area contributed by atoms with E-state index in [4.69, 9.17) is 33.2 Å². The van der Waals surface area contributed by atoms with Gasteiger partial charge in [0.05, 0.1) is 5.02 Å². The first kappa shape index (κ1) is 16.4. The number of fused-ring (bicyclic) bond motifs is 3. The van der Waals surface area contributed by atoms with E-state index in [9.17, 15) is 4.79 Å². The van der Waals surface area contributed by atoms with Crippen LogP contribution in [0.3, 0.4) is 0 Å². The topological polar surface area (TPSA) is 50.1 Å². The Balaban J connectivity index is 2.14. The SMILES string of the molecule is CCC[C@]12CCC(=O)C=C1c1c(cc(OCC#N)c(Cl)c1Cl)C2. The zero-order valence-electron chi connectivity index (χ0n) is 12.9. The van der Waals surface area contributed by atoms with Crippen molar-refractivity contribution in [3.63, 3.8) is 0 Å². The number of carbonyl (C=O) groups excluding carboxylic acids is 1. The van der Waals surface area contributed by atoms with E-state index in [0.717, 1.165) is 42.4 Å². The van der Waals surface area contributed by atoms with E-state index in [-0.39, 0.29) is 17.8 Å². The molecule has 5 heteroatoms. The molecule has 0 spiro atoms. The van der Waals surface area contributed by atoms with E-state index >= 15 is 0 Å². The van der Waals surface area contributed by atoms with Gasteiger partial charge >= 0.3 is 0 Å². The molecular formula is C18H17Cl2NO2. The third-order valence-corrected chi connectivity index (χ3v) is 5.65. The number of carbonyl (C=O) groups is 1. The van der Waals surface area contributed by atoms with E-state index < -0.39 is 0 Å². The number of nitriles is 1. The molecule has 0 heterocycles. The zero-order chi connectivity index (χ0) is 16.6. The molecule has 2 aliphatic carbocycles. The van der Waals surface area contributed by atoms with Gasteiger partial charge in [0.15, 0.2) is 12.4 Å². The van der Waals surface area contributed by atoms with Gasteiger partial charge in [-0.2, -0.15) is 5.26 Å². The van der Waals surface area contributed by atoms with Crippen molar-refractivity contribution < 1.29 is 9.53 Å². The van der Waals surface area contributed by atoms with E-state index in [1.54, 1.807) is 6.08 Å². The lowest BCUT2D eigenvalue weighted by Crippen LogP contribution is -2.25. The van der Waals surface area contributed by atoms with Gasteiger partial charge in [0, 0.05) is 17.4 Å². The predicted molar refractivity (Wildman–Crippen MR) is 90.8 cm³/mol. The normalized spacial score (nSPS) is 22.2. The van der Waals surface area contributed by atoms with E-state index in [0.29, 0.717) is 22.2 Å². The van der Waals surface area contributed by atoms with Gasteiger partial charge in [0.25, 0.3) is 0 Å². The van der Waals surface area contributed by atoms with Gasteiger partial charge in [-0.1, -0.05) is 36.5 Å². The molecule has 1 aromatic carbocycles. The average Bonchev–Trinajstić information content (AvgIpc) is 2.83. The van der Waals surface area contributed by atoms with Gasteiger partial charge in [-0.3, -0.25) is 4.79 Å². The summed E-state index contributed by atoms with van der Waals surface area (Å²) in [6.45, 7) is 2.08. The molecule has 0 radical (unpaired) electrons. The maximum Gasteiger partial charge on any atom is 0.174 e. The number of rotatable bonds is 4. The lowest BCUT2D eigenvalue weighted by Gasteiger charge is -2.33. The second-order valence-electron chi connectivity index (χ2n) is 6.22. The van der Waals surface area contributed by atoms with Crippen LogP contribution >= 0.6 is 23.2 Å². The molecule has 0 amide bonds. The third kappa shape index (κ3) is 2.65. The van der Waals surface area contributed by atoms with Crippen LogP contribution in [0.2, 0.25) is 10.0 Å². The summed E-state index contributed by atoms with van der Waals surface area (Å²) >= 11 is 12.8. The van der Waals surface area contributed by atoms with Crippen LogP contribution in [0.15, 0.2) is 12.1 Å². The molecule has 1 atom stereocenters. The molecule has 0 saturated heterocycles. The zero-order valence-corrected chi connectivity index (χ0v) is 14.4. The fourth-order valence-electron chi connectivity index (χ4n) is 3.89. The molecule has 0 aliphatic heterocycles. The molecule has 0 bridgehead atoms. The van der Waals surface area contributed by atoms with Crippen LogP contribution in [-0.4, -0.2) is 12.4 Å². The highest BCUT2D eigenvalue weighted by Gasteiger charge is 2.45. The van der Waals surface area contributed by atoms with E-state index in [1.807, 2.05) is 12.1 Å². The first-order chi connectivity index (χ1) is 11.0. The maximum atomic E-state index is 12.0. The Morgan fingerprint density at radius 3 is 2.87 bits per heavy atom. The summed E-state index contributed by atoms with van der Waals surface area (Å²) in [4.78, 5) is 12.0. The Morgan fingerprint density at radius 2 is 2.17 bits per heavy atom. The number of halogens is 2. The van der Waals surface area contributed by atoms with Crippen LogP contribution in [0.5, 0.6) is 5.75 Å². The van der Waals surface area contributed by atoms with Crippen LogP contribution in [0.25, 0.3) is 5.57 Å². The van der Waals surface area contributed by atoms with Crippen molar-refractivity contribution in [2.45, 2.75) is 39.0 Å². The van der Waals surface area contributed by atoms with Crippen LogP contribution in [-0.2, 0) is 11.2 Å². The summed E-state index contributed by atoms with van der Waals surface area (Å²) in [6.07, 6.45) is 6.09. The van der Waals surface area contributed by atoms with Crippen molar-refractivity contribution in [1.29, 1.82) is 5.26 Å². The Morgan fingerprint density at radius 1 is 1.39 bits per heavy atom. The third-order valence-electron chi connectivity index (χ3n) is 4.80. The Labute approximate surface area is 145 Å². The fourth-order valence-corrected chi connectivity index (χ4v) is 4.41. The highest BCUT2D eigenvalue weighted by Crippen LogP contribution is 2.58. The Hall–Kier alpha value is -1.50. The van der Waals surface area contributed by atoms with Crippen molar-refractivity contribution in [2.24, 2.45) is 5.41 Å². The number of hydrogen-bond acceptors (Lipinski definition) is 3. The lowest BCUT2D eigenvalue weighted by molar-refractivity contribution is -0.115. The maximum absolute atomic E-state index is 12.0. The van der Waals surface area contributed by atoms with Crippen LogP contribution in [0.4, 0.5) is 0 Å². The van der Waals surface area contributed by atoms with Crippen LogP contribution in [0, 0.1) is 16.7 Å². The highest BCUT2D eigenvalue weighted by molar-refractivity contribution is 6.44. The summed E-state index contributed by atoms with van der Waals surface area (Å²) in [5, 5.41) is 9.43. The number of benzene rings is 1. The summed E-state index contributed by atoms with van der Waals surface area (Å²) in [7, 11) is 0. The van der Waals surface area contributed by atoms with Crippen LogP contribution in [0.1, 0.15) is 43.7 Å². The molecule has 120 valence electrons. The molecule has 1 aromatic rings. The molecule has 0 aromatic heterocycles. The molecule has 0 saturated carbocycles. The number of ketones is 1. The van der Waals surface area contributed by atoms with Gasteiger partial charge in [-0.25, -0.2) is 0 Å². The summed E-state index contributed by atoms with van der Waals surface area (Å²) in [5.41, 5.74) is 2.96. The summed E-state index contributed by atoms with van der Waals surface area (Å²) in [6, 6.07) is 3.81. The Kier molecular flexibility index (Phi) is 4.40. The van der Waals surface area contributed by atoms with E-state index in [2.05, 4.69) is 6.92 Å². The lowest BCUT2D eigenvalue weighted by atomic mass is 9.70. The first-order valence-electron chi connectivity index (χ1n) is 7.78. The van der Waals surface area contributed by atoms with Gasteiger partial charge in [0.1, 0.15) is 16.8 Å². The minimum atomic E-state index is -0.0733. The van der Waals surface area contributed by atoms with Crippen molar-refractivity contribution >= 4 is 34.6 Å². The molecule has 23 heavy (non-hydrogen) atoms. The second-order valence-corrected chi connectivity index (χ2v) is 6.97. The smallest absolute Gasteiger partial charge is 0.174 e. The number of ether oxygens (including phenoxy) is 1. The van der Waals surface area contributed by atoms with Crippen molar-refractivity contribution in [3.8, 4) is 11.8 Å². The predicted octanol–water partition coefficient (Wildman–Crippen LogP) is 4.98. The summed E-state index contributed by atoms with van der Waals surface area (Å²) in [5.74, 6) is 0.589. The van der Waals surface area contributed by atoms with Crippen LogP contribution < -0.4 is 4.74 Å². The minimum Gasteiger partial charge on any atom is -0.477 e. The van der Waals surface area contributed by atoms with E-state index in [1.165, 1.54) is 0 Å². The first-order valence-corrected chi connectivity index (χ1v) is 8.54. The van der Waals surface area contributed by atoms with Gasteiger partial charge in [-0.05, 0) is 42.5 Å². The Bertz CT molecular complexity index is 748. The quantitative estimate of drug-likeness (QED) is 0.769.